The fraction of sp³-hybridized carbons (Fsp3) is 0.650. The Morgan fingerprint density at radius 2 is 1.92 bits per heavy atom. The first-order valence-electron chi connectivity index (χ1n) is 9.36. The molecule has 4 nitrogen and oxygen atoms in total. The summed E-state index contributed by atoms with van der Waals surface area (Å²) >= 11 is 0. The fourth-order valence-electron chi connectivity index (χ4n) is 3.47. The number of anilines is 2. The highest BCUT2D eigenvalue weighted by Crippen LogP contribution is 2.24. The van der Waals surface area contributed by atoms with Crippen LogP contribution in [0, 0.1) is 5.92 Å². The second kappa shape index (κ2) is 9.67. The lowest BCUT2D eigenvalue weighted by atomic mass is 9.97. The van der Waals surface area contributed by atoms with Crippen LogP contribution in [-0.2, 0) is 9.53 Å². The van der Waals surface area contributed by atoms with Crippen molar-refractivity contribution in [2.45, 2.75) is 58.5 Å². The Kier molecular flexibility index (Phi) is 7.57. The number of hydrogen-bond acceptors (Lipinski definition) is 3. The Morgan fingerprint density at radius 1 is 1.25 bits per heavy atom. The summed E-state index contributed by atoms with van der Waals surface area (Å²) < 4.78 is 5.49. The lowest BCUT2D eigenvalue weighted by molar-refractivity contribution is -0.120. The third kappa shape index (κ3) is 5.23. The van der Waals surface area contributed by atoms with Crippen LogP contribution < -0.4 is 10.2 Å². The van der Waals surface area contributed by atoms with Gasteiger partial charge in [-0.05, 0) is 49.9 Å². The maximum Gasteiger partial charge on any atom is 0.227 e. The van der Waals surface area contributed by atoms with Gasteiger partial charge in [0.2, 0.25) is 5.91 Å². The van der Waals surface area contributed by atoms with Crippen LogP contribution in [-0.4, -0.2) is 32.2 Å². The molecule has 0 spiro atoms. The minimum absolute atomic E-state index is 0.129. The van der Waals surface area contributed by atoms with Gasteiger partial charge in [0.1, 0.15) is 0 Å². The van der Waals surface area contributed by atoms with E-state index in [4.69, 9.17) is 4.74 Å². The number of benzene rings is 1. The SMILES string of the molecule is CCCC(CCC)C(=O)Nc1ccc(N2CCCC(OC)C2)cc1. The molecule has 1 heterocycles. The van der Waals surface area contributed by atoms with Crippen LogP contribution in [0.5, 0.6) is 0 Å². The van der Waals surface area contributed by atoms with Crippen molar-refractivity contribution < 1.29 is 9.53 Å². The van der Waals surface area contributed by atoms with E-state index in [0.29, 0.717) is 6.10 Å². The number of rotatable bonds is 8. The predicted molar refractivity (Wildman–Crippen MR) is 101 cm³/mol. The normalized spacial score (nSPS) is 18.0. The molecule has 0 aliphatic carbocycles. The first kappa shape index (κ1) is 18.8. The van der Waals surface area contributed by atoms with Crippen molar-refractivity contribution in [3.05, 3.63) is 24.3 Å². The van der Waals surface area contributed by atoms with E-state index in [0.717, 1.165) is 57.3 Å². The zero-order valence-corrected chi connectivity index (χ0v) is 15.4. The van der Waals surface area contributed by atoms with Gasteiger partial charge in [-0.15, -0.1) is 0 Å². The summed E-state index contributed by atoms with van der Waals surface area (Å²) in [6.45, 7) is 6.28. The van der Waals surface area contributed by atoms with E-state index >= 15 is 0 Å². The molecule has 0 saturated carbocycles. The zero-order valence-electron chi connectivity index (χ0n) is 15.4. The molecular formula is C20H32N2O2. The highest BCUT2D eigenvalue weighted by molar-refractivity contribution is 5.92. The lowest BCUT2D eigenvalue weighted by Crippen LogP contribution is -2.39. The topological polar surface area (TPSA) is 41.6 Å². The summed E-state index contributed by atoms with van der Waals surface area (Å²) in [4.78, 5) is 14.8. The number of ether oxygens (including phenoxy) is 1. The van der Waals surface area contributed by atoms with Crippen LogP contribution in [0.25, 0.3) is 0 Å². The van der Waals surface area contributed by atoms with Gasteiger partial charge in [0, 0.05) is 37.5 Å². The maximum absolute atomic E-state index is 12.4. The predicted octanol–water partition coefficient (Wildman–Crippen LogP) is 4.46. The van der Waals surface area contributed by atoms with Gasteiger partial charge in [-0.3, -0.25) is 4.79 Å². The van der Waals surface area contributed by atoms with Crippen molar-refractivity contribution in [1.29, 1.82) is 0 Å². The molecule has 4 heteroatoms. The van der Waals surface area contributed by atoms with Crippen molar-refractivity contribution >= 4 is 17.3 Å². The molecule has 24 heavy (non-hydrogen) atoms. The number of nitrogens with one attached hydrogen (secondary N) is 1. The summed E-state index contributed by atoms with van der Waals surface area (Å²) in [7, 11) is 1.79. The van der Waals surface area contributed by atoms with Crippen molar-refractivity contribution in [1.82, 2.24) is 0 Å². The Balaban J connectivity index is 1.95. The number of carbonyl (C=O) groups is 1. The number of amides is 1. The number of nitrogens with zero attached hydrogens (tertiary/aromatic N) is 1. The molecular weight excluding hydrogens is 300 g/mol. The van der Waals surface area contributed by atoms with Crippen molar-refractivity contribution in [3.8, 4) is 0 Å². The van der Waals surface area contributed by atoms with Crippen molar-refractivity contribution in [2.24, 2.45) is 5.92 Å². The molecule has 1 aromatic rings. The van der Waals surface area contributed by atoms with Crippen LogP contribution >= 0.6 is 0 Å². The number of carbonyl (C=O) groups excluding carboxylic acids is 1. The molecule has 1 N–H and O–H groups in total. The Morgan fingerprint density at radius 3 is 2.50 bits per heavy atom. The van der Waals surface area contributed by atoms with E-state index in [9.17, 15) is 4.79 Å². The van der Waals surface area contributed by atoms with Crippen LogP contribution in [0.3, 0.4) is 0 Å². The van der Waals surface area contributed by atoms with Crippen LogP contribution in [0.15, 0.2) is 24.3 Å². The summed E-state index contributed by atoms with van der Waals surface area (Å²) in [5.41, 5.74) is 2.09. The summed E-state index contributed by atoms with van der Waals surface area (Å²) in [5, 5.41) is 3.08. The van der Waals surface area contributed by atoms with E-state index in [1.807, 2.05) is 12.1 Å². The van der Waals surface area contributed by atoms with E-state index in [1.54, 1.807) is 7.11 Å². The highest BCUT2D eigenvalue weighted by atomic mass is 16.5. The van der Waals surface area contributed by atoms with Crippen molar-refractivity contribution in [2.75, 3.05) is 30.4 Å². The van der Waals surface area contributed by atoms with Crippen LogP contribution in [0.4, 0.5) is 11.4 Å². The van der Waals surface area contributed by atoms with Gasteiger partial charge in [-0.25, -0.2) is 0 Å². The molecule has 134 valence electrons. The molecule has 1 unspecified atom stereocenters. The smallest absolute Gasteiger partial charge is 0.227 e. The van der Waals surface area contributed by atoms with Gasteiger partial charge in [-0.2, -0.15) is 0 Å². The van der Waals surface area contributed by atoms with Crippen LogP contribution in [0.1, 0.15) is 52.4 Å². The molecule has 0 bridgehead atoms. The summed E-state index contributed by atoms with van der Waals surface area (Å²) in [6, 6.07) is 8.22. The highest BCUT2D eigenvalue weighted by Gasteiger charge is 2.20. The lowest BCUT2D eigenvalue weighted by Gasteiger charge is -2.33. The van der Waals surface area contributed by atoms with E-state index < -0.39 is 0 Å². The molecule has 1 atom stereocenters. The Bertz CT molecular complexity index is 495. The molecule has 0 radical (unpaired) electrons. The van der Waals surface area contributed by atoms with Gasteiger partial charge in [0.25, 0.3) is 0 Å². The number of piperidine rings is 1. The van der Waals surface area contributed by atoms with Crippen molar-refractivity contribution in [3.63, 3.8) is 0 Å². The van der Waals surface area contributed by atoms with Gasteiger partial charge >= 0.3 is 0 Å². The van der Waals surface area contributed by atoms with Gasteiger partial charge in [-0.1, -0.05) is 26.7 Å². The molecule has 1 aliphatic heterocycles. The monoisotopic (exact) mass is 332 g/mol. The fourth-order valence-corrected chi connectivity index (χ4v) is 3.47. The minimum atomic E-state index is 0.129. The first-order valence-corrected chi connectivity index (χ1v) is 9.36. The molecule has 1 aromatic carbocycles. The second-order valence-electron chi connectivity index (χ2n) is 6.76. The standard InChI is InChI=1S/C20H32N2O2/c1-4-7-16(8-5-2)20(23)21-17-10-12-18(13-11-17)22-14-6-9-19(15-22)24-3/h10-13,16,19H,4-9,14-15H2,1-3H3,(H,21,23). The minimum Gasteiger partial charge on any atom is -0.380 e. The molecule has 1 aliphatic rings. The third-order valence-electron chi connectivity index (χ3n) is 4.86. The van der Waals surface area contributed by atoms with Crippen LogP contribution in [0.2, 0.25) is 0 Å². The molecule has 2 rings (SSSR count). The molecule has 1 saturated heterocycles. The molecule has 1 amide bonds. The molecule has 0 aromatic heterocycles. The van der Waals surface area contributed by atoms with E-state index in [1.165, 1.54) is 5.69 Å². The average molecular weight is 332 g/mol. The molecule has 1 fully saturated rings. The summed E-state index contributed by atoms with van der Waals surface area (Å²) in [6.07, 6.45) is 6.64. The average Bonchev–Trinajstić information content (AvgIpc) is 2.62. The third-order valence-corrected chi connectivity index (χ3v) is 4.86. The largest absolute Gasteiger partial charge is 0.380 e. The maximum atomic E-state index is 12.4. The van der Waals surface area contributed by atoms with Gasteiger partial charge < -0.3 is 15.0 Å². The van der Waals surface area contributed by atoms with E-state index in [2.05, 4.69) is 36.2 Å². The van der Waals surface area contributed by atoms with Gasteiger partial charge in [0.15, 0.2) is 0 Å². The Hall–Kier alpha value is -1.55. The quantitative estimate of drug-likeness (QED) is 0.764. The summed E-state index contributed by atoms with van der Waals surface area (Å²) in [5.74, 6) is 0.285. The van der Waals surface area contributed by atoms with Gasteiger partial charge in [0.05, 0.1) is 6.10 Å². The Labute approximate surface area is 146 Å². The number of hydrogen-bond donors (Lipinski definition) is 1. The first-order chi connectivity index (χ1) is 11.7. The zero-order chi connectivity index (χ0) is 17.4. The van der Waals surface area contributed by atoms with E-state index in [-0.39, 0.29) is 11.8 Å². The number of methoxy groups -OCH3 is 1. The second-order valence-corrected chi connectivity index (χ2v) is 6.76.